The van der Waals surface area contributed by atoms with Gasteiger partial charge in [0, 0.05) is 50.5 Å². The van der Waals surface area contributed by atoms with E-state index in [4.69, 9.17) is 4.98 Å². The molecule has 0 spiro atoms. The Morgan fingerprint density at radius 1 is 1.05 bits per heavy atom. The van der Waals surface area contributed by atoms with Gasteiger partial charge in [-0.1, -0.05) is 6.07 Å². The van der Waals surface area contributed by atoms with Crippen molar-refractivity contribution >= 4 is 58.9 Å². The van der Waals surface area contributed by atoms with Crippen LogP contribution in [0.15, 0.2) is 70.4 Å². The minimum absolute atomic E-state index is 0.229. The molecule has 0 unspecified atom stereocenters. The monoisotopic (exact) mass is 579 g/mol. The maximum atomic E-state index is 11.9. The number of aryl methyl sites for hydroxylation is 1. The van der Waals surface area contributed by atoms with Gasteiger partial charge in [0.1, 0.15) is 5.82 Å². The average Bonchev–Trinajstić information content (AvgIpc) is 3.20. The van der Waals surface area contributed by atoms with Gasteiger partial charge in [0.2, 0.25) is 0 Å². The number of aromatic nitrogens is 4. The van der Waals surface area contributed by atoms with Crippen LogP contribution in [0.25, 0.3) is 32.9 Å². The molecule has 0 amide bonds. The van der Waals surface area contributed by atoms with Crippen molar-refractivity contribution in [3.05, 3.63) is 71.1 Å². The fourth-order valence-corrected chi connectivity index (χ4v) is 6.41. The van der Waals surface area contributed by atoms with Gasteiger partial charge in [-0.2, -0.15) is 5.10 Å². The van der Waals surface area contributed by atoms with Crippen LogP contribution in [0.3, 0.4) is 0 Å². The summed E-state index contributed by atoms with van der Waals surface area (Å²) in [5, 5.41) is 20.9. The van der Waals surface area contributed by atoms with Gasteiger partial charge >= 0.3 is 0 Å². The van der Waals surface area contributed by atoms with E-state index >= 15 is 0 Å². The third-order valence-electron chi connectivity index (χ3n) is 6.14. The fraction of sp³-hybridized carbons (Fsp3) is 0.222. The van der Waals surface area contributed by atoms with Crippen LogP contribution in [-0.2, 0) is 16.4 Å². The summed E-state index contributed by atoms with van der Waals surface area (Å²) < 4.78 is 26.2. The van der Waals surface area contributed by atoms with Crippen molar-refractivity contribution < 1.29 is 13.5 Å². The van der Waals surface area contributed by atoms with E-state index in [-0.39, 0.29) is 4.90 Å². The van der Waals surface area contributed by atoms with Crippen molar-refractivity contribution in [1.29, 1.82) is 0 Å². The molecule has 0 aliphatic heterocycles. The molecular weight excluding hydrogens is 554 g/mol. The zero-order valence-electron chi connectivity index (χ0n) is 20.8. The van der Waals surface area contributed by atoms with Gasteiger partial charge in [0.05, 0.1) is 34.4 Å². The average molecular weight is 581 g/mol. The van der Waals surface area contributed by atoms with E-state index < -0.39 is 15.4 Å². The Balaban J connectivity index is 1.55. The number of anilines is 2. The van der Waals surface area contributed by atoms with Gasteiger partial charge in [-0.05, 0) is 78.7 Å². The minimum atomic E-state index is -3.33. The zero-order valence-corrected chi connectivity index (χ0v) is 23.2. The fourth-order valence-electron chi connectivity index (χ4n) is 4.42. The van der Waals surface area contributed by atoms with Crippen LogP contribution in [0, 0.1) is 6.92 Å². The molecule has 10 heteroatoms. The summed E-state index contributed by atoms with van der Waals surface area (Å²) in [5.74, 6) is 0.609. The lowest BCUT2D eigenvalue weighted by atomic mass is 9.98. The predicted molar refractivity (Wildman–Crippen MR) is 150 cm³/mol. The molecule has 190 valence electrons. The van der Waals surface area contributed by atoms with Gasteiger partial charge in [-0.15, -0.1) is 0 Å². The smallest absolute Gasteiger partial charge is 0.176 e. The SMILES string of the molecule is Cc1c(-c2nccc3cnc(Nc4ccc(S(C)(=O)=O)c(Br)c4)cc23)ccc2c1cnn2CC(C)(C)O. The summed E-state index contributed by atoms with van der Waals surface area (Å²) in [6.07, 6.45) is 6.57. The highest BCUT2D eigenvalue weighted by Gasteiger charge is 2.18. The topological polar surface area (TPSA) is 110 Å². The van der Waals surface area contributed by atoms with E-state index in [1.54, 1.807) is 44.4 Å². The molecule has 0 saturated carbocycles. The lowest BCUT2D eigenvalue weighted by molar-refractivity contribution is 0.0591. The summed E-state index contributed by atoms with van der Waals surface area (Å²) in [6, 6.07) is 12.9. The second-order valence-electron chi connectivity index (χ2n) is 9.78. The third-order valence-corrected chi connectivity index (χ3v) is 8.21. The molecule has 37 heavy (non-hydrogen) atoms. The summed E-state index contributed by atoms with van der Waals surface area (Å²) in [4.78, 5) is 9.48. The van der Waals surface area contributed by atoms with Crippen LogP contribution in [0.1, 0.15) is 19.4 Å². The molecule has 2 N–H and O–H groups in total. The highest BCUT2D eigenvalue weighted by molar-refractivity contribution is 9.10. The van der Waals surface area contributed by atoms with Crippen molar-refractivity contribution in [1.82, 2.24) is 19.7 Å². The Hall–Kier alpha value is -3.34. The Kier molecular flexibility index (Phi) is 6.29. The van der Waals surface area contributed by atoms with Gasteiger partial charge in [0.25, 0.3) is 0 Å². The van der Waals surface area contributed by atoms with Crippen LogP contribution < -0.4 is 5.32 Å². The number of nitrogens with zero attached hydrogens (tertiary/aromatic N) is 4. The van der Waals surface area contributed by atoms with Gasteiger partial charge < -0.3 is 10.4 Å². The van der Waals surface area contributed by atoms with E-state index in [2.05, 4.69) is 38.3 Å². The Bertz CT molecular complexity index is 1780. The highest BCUT2D eigenvalue weighted by atomic mass is 79.9. The van der Waals surface area contributed by atoms with Crippen LogP contribution in [-0.4, -0.2) is 45.1 Å². The first-order chi connectivity index (χ1) is 17.4. The van der Waals surface area contributed by atoms with Crippen molar-refractivity contribution in [3.63, 3.8) is 0 Å². The van der Waals surface area contributed by atoms with Gasteiger partial charge in [0.15, 0.2) is 9.84 Å². The molecule has 3 aromatic heterocycles. The summed E-state index contributed by atoms with van der Waals surface area (Å²) in [6.45, 7) is 5.97. The number of sulfone groups is 1. The molecule has 0 bridgehead atoms. The number of hydrogen-bond donors (Lipinski definition) is 2. The first kappa shape index (κ1) is 25.3. The Morgan fingerprint density at radius 3 is 2.54 bits per heavy atom. The van der Waals surface area contributed by atoms with Crippen molar-refractivity contribution in [2.45, 2.75) is 37.8 Å². The second-order valence-corrected chi connectivity index (χ2v) is 12.6. The summed E-state index contributed by atoms with van der Waals surface area (Å²) in [5.41, 5.74) is 3.64. The molecule has 2 aromatic carbocycles. The van der Waals surface area contributed by atoms with Crippen molar-refractivity contribution in [2.75, 3.05) is 11.6 Å². The summed E-state index contributed by atoms with van der Waals surface area (Å²) >= 11 is 3.35. The van der Waals surface area contributed by atoms with E-state index in [0.717, 1.165) is 38.5 Å². The van der Waals surface area contributed by atoms with Crippen molar-refractivity contribution in [2.24, 2.45) is 0 Å². The number of fused-ring (bicyclic) bond motifs is 2. The lowest BCUT2D eigenvalue weighted by Gasteiger charge is -2.18. The van der Waals surface area contributed by atoms with Gasteiger partial charge in [-0.3, -0.25) is 9.67 Å². The number of pyridine rings is 2. The largest absolute Gasteiger partial charge is 0.389 e. The van der Waals surface area contributed by atoms with E-state index in [0.29, 0.717) is 22.5 Å². The molecule has 0 aliphatic rings. The van der Waals surface area contributed by atoms with E-state index in [9.17, 15) is 13.5 Å². The molecule has 0 aliphatic carbocycles. The number of nitrogens with one attached hydrogen (secondary N) is 1. The first-order valence-corrected chi connectivity index (χ1v) is 14.3. The Morgan fingerprint density at radius 2 is 1.84 bits per heavy atom. The van der Waals surface area contributed by atoms with Crippen LogP contribution in [0.4, 0.5) is 11.5 Å². The molecule has 5 aromatic rings. The normalized spacial score (nSPS) is 12.4. The molecule has 8 nitrogen and oxygen atoms in total. The molecule has 0 atom stereocenters. The maximum absolute atomic E-state index is 11.9. The van der Waals surface area contributed by atoms with Crippen LogP contribution in [0.2, 0.25) is 0 Å². The lowest BCUT2D eigenvalue weighted by Crippen LogP contribution is -2.26. The Labute approximate surface area is 223 Å². The predicted octanol–water partition coefficient (Wildman–Crippen LogP) is 5.64. The minimum Gasteiger partial charge on any atom is -0.389 e. The summed E-state index contributed by atoms with van der Waals surface area (Å²) in [7, 11) is -3.33. The molecule has 5 rings (SSSR count). The molecule has 3 heterocycles. The van der Waals surface area contributed by atoms with E-state index in [1.165, 1.54) is 6.26 Å². The number of rotatable bonds is 6. The van der Waals surface area contributed by atoms with Crippen LogP contribution in [0.5, 0.6) is 0 Å². The molecule has 0 saturated heterocycles. The van der Waals surface area contributed by atoms with E-state index in [1.807, 2.05) is 35.1 Å². The standard InChI is InChI=1S/C27H26BrN5O3S/c1-16-19(6-7-23-21(16)14-31-33(23)15-27(2,3)34)26-20-12-25(30-13-17(20)9-10-29-26)32-18-5-8-24(22(28)11-18)37(4,35)36/h5-14,34H,15H2,1-4H3,(H,30,32). The quantitative estimate of drug-likeness (QED) is 0.268. The number of aliphatic hydroxyl groups is 1. The maximum Gasteiger partial charge on any atom is 0.176 e. The van der Waals surface area contributed by atoms with Crippen molar-refractivity contribution in [3.8, 4) is 11.3 Å². The highest BCUT2D eigenvalue weighted by Crippen LogP contribution is 2.34. The number of halogens is 1. The molecular formula is C27H26BrN5O3S. The zero-order chi connectivity index (χ0) is 26.5. The molecule has 0 fully saturated rings. The molecule has 0 radical (unpaired) electrons. The van der Waals surface area contributed by atoms with Gasteiger partial charge in [-0.25, -0.2) is 13.4 Å². The number of hydrogen-bond acceptors (Lipinski definition) is 7. The third kappa shape index (κ3) is 5.09. The van der Waals surface area contributed by atoms with Crippen LogP contribution >= 0.6 is 15.9 Å². The first-order valence-electron chi connectivity index (χ1n) is 11.6. The number of benzene rings is 2. The second kappa shape index (κ2) is 9.20.